The summed E-state index contributed by atoms with van der Waals surface area (Å²) in [5.74, 6) is 1.19. The van der Waals surface area contributed by atoms with Gasteiger partial charge in [0.1, 0.15) is 0 Å². The number of rotatable bonds is 2. The fourth-order valence-electron chi connectivity index (χ4n) is 2.25. The molecule has 18 heavy (non-hydrogen) atoms. The Bertz CT molecular complexity index is 576. The topological polar surface area (TPSA) is 109 Å². The minimum atomic E-state index is 0.116. The summed E-state index contributed by atoms with van der Waals surface area (Å²) in [4.78, 5) is 2.12. The first-order valence-electron chi connectivity index (χ1n) is 5.88. The second-order valence-corrected chi connectivity index (χ2v) is 4.46. The van der Waals surface area contributed by atoms with Gasteiger partial charge in [0.15, 0.2) is 11.5 Å². The number of amidine groups is 1. The van der Waals surface area contributed by atoms with Crippen LogP contribution in [-0.2, 0) is 0 Å². The second-order valence-electron chi connectivity index (χ2n) is 4.46. The molecule has 1 fully saturated rings. The monoisotopic (exact) mass is 246 g/mol. The molecule has 1 aliphatic rings. The van der Waals surface area contributed by atoms with Gasteiger partial charge in [-0.3, -0.25) is 5.41 Å². The molecule has 1 atom stereocenters. The van der Waals surface area contributed by atoms with Gasteiger partial charge in [0, 0.05) is 19.0 Å². The van der Waals surface area contributed by atoms with Crippen molar-refractivity contribution in [1.29, 1.82) is 5.41 Å². The minimum absolute atomic E-state index is 0.116. The van der Waals surface area contributed by atoms with Gasteiger partial charge in [-0.05, 0) is 35.4 Å². The van der Waals surface area contributed by atoms with E-state index in [0.29, 0.717) is 5.65 Å². The molecule has 3 heterocycles. The van der Waals surface area contributed by atoms with E-state index in [1.54, 1.807) is 0 Å². The Morgan fingerprint density at radius 2 is 2.33 bits per heavy atom. The summed E-state index contributed by atoms with van der Waals surface area (Å²) in [5.41, 5.74) is 6.20. The summed E-state index contributed by atoms with van der Waals surface area (Å²) in [5, 5.41) is 23.0. The Hall–Kier alpha value is -2.25. The first-order chi connectivity index (χ1) is 8.74. The molecule has 0 aliphatic carbocycles. The van der Waals surface area contributed by atoms with E-state index < -0.39 is 0 Å². The van der Waals surface area contributed by atoms with Crippen LogP contribution in [0.2, 0.25) is 0 Å². The number of piperidine rings is 1. The number of nitrogens with two attached hydrogens (primary N) is 1. The Balaban J connectivity index is 1.86. The maximum atomic E-state index is 7.54. The van der Waals surface area contributed by atoms with Crippen LogP contribution in [-0.4, -0.2) is 44.2 Å². The molecule has 8 heteroatoms. The van der Waals surface area contributed by atoms with Crippen LogP contribution in [0.5, 0.6) is 0 Å². The average Bonchev–Trinajstić information content (AvgIpc) is 2.86. The highest BCUT2D eigenvalue weighted by Gasteiger charge is 2.23. The predicted octanol–water partition coefficient (Wildman–Crippen LogP) is -0.328. The lowest BCUT2D eigenvalue weighted by molar-refractivity contribution is 0.497. The van der Waals surface area contributed by atoms with Crippen molar-refractivity contribution in [3.8, 4) is 0 Å². The van der Waals surface area contributed by atoms with Crippen molar-refractivity contribution in [2.45, 2.75) is 12.8 Å². The molecule has 1 aliphatic heterocycles. The van der Waals surface area contributed by atoms with Gasteiger partial charge in [-0.1, -0.05) is 0 Å². The van der Waals surface area contributed by atoms with Crippen LogP contribution in [0.4, 0.5) is 5.82 Å². The van der Waals surface area contributed by atoms with Crippen molar-refractivity contribution < 1.29 is 0 Å². The number of hydrogen-bond donors (Lipinski definition) is 2. The van der Waals surface area contributed by atoms with E-state index in [9.17, 15) is 0 Å². The summed E-state index contributed by atoms with van der Waals surface area (Å²) >= 11 is 0. The van der Waals surface area contributed by atoms with Crippen LogP contribution in [0.25, 0.3) is 5.65 Å². The van der Waals surface area contributed by atoms with Crippen molar-refractivity contribution in [2.24, 2.45) is 11.7 Å². The third-order valence-electron chi connectivity index (χ3n) is 3.24. The molecule has 0 spiro atoms. The molecule has 0 aromatic carbocycles. The molecule has 0 bridgehead atoms. The summed E-state index contributed by atoms with van der Waals surface area (Å²) in [7, 11) is 0. The van der Waals surface area contributed by atoms with Crippen molar-refractivity contribution >= 4 is 17.3 Å². The molecule has 0 amide bonds. The smallest absolute Gasteiger partial charge is 0.200 e. The van der Waals surface area contributed by atoms with Gasteiger partial charge in [-0.15, -0.1) is 14.8 Å². The first kappa shape index (κ1) is 10.9. The SMILES string of the molecule is N=C(N)C1CCCN(c2ccc3nnnn3n2)C1. The van der Waals surface area contributed by atoms with Crippen LogP contribution >= 0.6 is 0 Å². The molecule has 8 nitrogen and oxygen atoms in total. The van der Waals surface area contributed by atoms with E-state index in [0.717, 1.165) is 31.7 Å². The van der Waals surface area contributed by atoms with E-state index in [4.69, 9.17) is 11.1 Å². The molecule has 3 rings (SSSR count). The van der Waals surface area contributed by atoms with E-state index in [1.807, 2.05) is 12.1 Å². The maximum absolute atomic E-state index is 7.54. The number of nitrogens with zero attached hydrogens (tertiary/aromatic N) is 6. The lowest BCUT2D eigenvalue weighted by Gasteiger charge is -2.32. The van der Waals surface area contributed by atoms with Gasteiger partial charge in [0.25, 0.3) is 0 Å². The summed E-state index contributed by atoms with van der Waals surface area (Å²) < 4.78 is 1.41. The third-order valence-corrected chi connectivity index (χ3v) is 3.24. The van der Waals surface area contributed by atoms with E-state index >= 15 is 0 Å². The van der Waals surface area contributed by atoms with Gasteiger partial charge in [-0.25, -0.2) is 0 Å². The van der Waals surface area contributed by atoms with Gasteiger partial charge < -0.3 is 10.6 Å². The van der Waals surface area contributed by atoms with E-state index in [1.165, 1.54) is 4.63 Å². The number of hydrogen-bond acceptors (Lipinski definition) is 6. The van der Waals surface area contributed by atoms with Gasteiger partial charge in [0.05, 0.1) is 5.84 Å². The zero-order valence-corrected chi connectivity index (χ0v) is 9.82. The third kappa shape index (κ3) is 1.85. The summed E-state index contributed by atoms with van der Waals surface area (Å²) in [6.45, 7) is 1.65. The Morgan fingerprint density at radius 3 is 3.17 bits per heavy atom. The van der Waals surface area contributed by atoms with Crippen molar-refractivity contribution in [2.75, 3.05) is 18.0 Å². The zero-order chi connectivity index (χ0) is 12.5. The fraction of sp³-hybridized carbons (Fsp3) is 0.500. The Morgan fingerprint density at radius 1 is 1.44 bits per heavy atom. The van der Waals surface area contributed by atoms with Crippen molar-refractivity contribution in [1.82, 2.24) is 25.3 Å². The van der Waals surface area contributed by atoms with E-state index in [-0.39, 0.29) is 11.8 Å². The number of aromatic nitrogens is 5. The van der Waals surface area contributed by atoms with Crippen LogP contribution in [0.3, 0.4) is 0 Å². The molecule has 1 saturated heterocycles. The largest absolute Gasteiger partial charge is 0.387 e. The average molecular weight is 246 g/mol. The Labute approximate surface area is 103 Å². The molecule has 3 N–H and O–H groups in total. The summed E-state index contributed by atoms with van der Waals surface area (Å²) in [6, 6.07) is 3.73. The molecule has 0 radical (unpaired) electrons. The highest BCUT2D eigenvalue weighted by atomic mass is 15.6. The van der Waals surface area contributed by atoms with Crippen LogP contribution < -0.4 is 10.6 Å². The van der Waals surface area contributed by atoms with E-state index in [2.05, 4.69) is 25.5 Å². The standard InChI is InChI=1S/C10H14N8/c11-10(12)7-2-1-5-17(6-7)9-4-3-8-13-15-16-18(8)14-9/h3-4,7H,1-2,5-6H2,(H3,11,12). The highest BCUT2D eigenvalue weighted by Crippen LogP contribution is 2.21. The van der Waals surface area contributed by atoms with Crippen LogP contribution in [0.1, 0.15) is 12.8 Å². The number of anilines is 1. The quantitative estimate of drug-likeness (QED) is 0.554. The minimum Gasteiger partial charge on any atom is -0.387 e. The van der Waals surface area contributed by atoms with Crippen molar-refractivity contribution in [3.05, 3.63) is 12.1 Å². The summed E-state index contributed by atoms with van der Waals surface area (Å²) in [6.07, 6.45) is 1.98. The lowest BCUT2D eigenvalue weighted by Crippen LogP contribution is -2.41. The van der Waals surface area contributed by atoms with Gasteiger partial charge >= 0.3 is 0 Å². The molecule has 0 saturated carbocycles. The normalized spacial score (nSPS) is 20.2. The number of tetrazole rings is 1. The predicted molar refractivity (Wildman–Crippen MR) is 65.4 cm³/mol. The Kier molecular flexibility index (Phi) is 2.54. The highest BCUT2D eigenvalue weighted by molar-refractivity contribution is 5.80. The number of fused-ring (bicyclic) bond motifs is 1. The van der Waals surface area contributed by atoms with Crippen molar-refractivity contribution in [3.63, 3.8) is 0 Å². The van der Waals surface area contributed by atoms with Crippen LogP contribution in [0, 0.1) is 11.3 Å². The molecule has 1 unspecified atom stereocenters. The fourth-order valence-corrected chi connectivity index (χ4v) is 2.25. The van der Waals surface area contributed by atoms with Gasteiger partial charge in [-0.2, -0.15) is 0 Å². The van der Waals surface area contributed by atoms with Gasteiger partial charge in [0.2, 0.25) is 0 Å². The molecule has 2 aromatic rings. The molecule has 2 aromatic heterocycles. The lowest BCUT2D eigenvalue weighted by atomic mass is 9.97. The number of nitrogens with one attached hydrogen (secondary N) is 1. The molecular formula is C10H14N8. The molecule has 94 valence electrons. The second kappa shape index (κ2) is 4.21. The molecular weight excluding hydrogens is 232 g/mol. The first-order valence-corrected chi connectivity index (χ1v) is 5.88. The maximum Gasteiger partial charge on any atom is 0.200 e. The van der Waals surface area contributed by atoms with Crippen LogP contribution in [0.15, 0.2) is 12.1 Å². The zero-order valence-electron chi connectivity index (χ0n) is 9.82.